The minimum atomic E-state index is -0.418. The van der Waals surface area contributed by atoms with Crippen molar-refractivity contribution in [2.45, 2.75) is 44.1 Å². The van der Waals surface area contributed by atoms with E-state index in [0.29, 0.717) is 11.5 Å². The van der Waals surface area contributed by atoms with Crippen LogP contribution in [0, 0.1) is 6.07 Å². The number of carbonyl (C=O) groups is 1. The number of likely N-dealkylation sites (tertiary alicyclic amines) is 1. The molecule has 1 saturated heterocycles. The lowest BCUT2D eigenvalue weighted by Crippen LogP contribution is -2.46. The Labute approximate surface area is 134 Å². The maximum Gasteiger partial charge on any atom is 0.250 e. The zero-order chi connectivity index (χ0) is 15.1. The van der Waals surface area contributed by atoms with Gasteiger partial charge in [0.15, 0.2) is 0 Å². The summed E-state index contributed by atoms with van der Waals surface area (Å²) in [5, 5.41) is 1.16. The molecule has 5 heteroatoms. The fraction of sp³-hybridized carbons (Fsp3) is 0.529. The second-order valence-electron chi connectivity index (χ2n) is 6.42. The van der Waals surface area contributed by atoms with Gasteiger partial charge in [0, 0.05) is 12.0 Å². The molecule has 1 aliphatic heterocycles. The highest BCUT2D eigenvalue weighted by molar-refractivity contribution is 7.18. The van der Waals surface area contributed by atoms with Crippen molar-refractivity contribution >= 4 is 27.5 Å². The predicted octanol–water partition coefficient (Wildman–Crippen LogP) is 2.93. The third-order valence-corrected chi connectivity index (χ3v) is 6.17. The van der Waals surface area contributed by atoms with Crippen LogP contribution in [0.1, 0.15) is 53.4 Å². The van der Waals surface area contributed by atoms with Crippen LogP contribution in [-0.4, -0.2) is 34.9 Å². The lowest BCUT2D eigenvalue weighted by atomic mass is 9.79. The zero-order valence-corrected chi connectivity index (χ0v) is 13.4. The predicted molar refractivity (Wildman–Crippen MR) is 88.2 cm³/mol. The van der Waals surface area contributed by atoms with Crippen LogP contribution in [0.5, 0.6) is 0 Å². The van der Waals surface area contributed by atoms with Gasteiger partial charge < -0.3 is 10.6 Å². The zero-order valence-electron chi connectivity index (χ0n) is 12.5. The Bertz CT molecular complexity index is 699. The second-order valence-corrected chi connectivity index (χ2v) is 7.48. The first-order valence-corrected chi connectivity index (χ1v) is 8.88. The molecular formula is C17H20N3OS. The molecule has 1 aromatic carbocycles. The number of piperidine rings is 1. The molecule has 1 radical (unpaired) electrons. The molecule has 1 aromatic heterocycles. The molecule has 2 aliphatic rings. The molecule has 0 bridgehead atoms. The lowest BCUT2D eigenvalue weighted by Gasteiger charge is -2.43. The number of fused-ring (bicyclic) bond motifs is 1. The Hall–Kier alpha value is -1.46. The van der Waals surface area contributed by atoms with Gasteiger partial charge in [0.05, 0.1) is 20.8 Å². The highest BCUT2D eigenvalue weighted by Gasteiger charge is 2.36. The fourth-order valence-corrected chi connectivity index (χ4v) is 4.74. The molecule has 1 aliphatic carbocycles. The number of nitrogens with zero attached hydrogens (tertiary/aromatic N) is 2. The first-order chi connectivity index (χ1) is 10.7. The summed E-state index contributed by atoms with van der Waals surface area (Å²) >= 11 is 1.69. The quantitative estimate of drug-likeness (QED) is 0.947. The Morgan fingerprint density at radius 1 is 1.27 bits per heavy atom. The smallest absolute Gasteiger partial charge is 0.250 e. The molecule has 0 atom stereocenters. The van der Waals surface area contributed by atoms with Gasteiger partial charge in [0.1, 0.15) is 0 Å². The molecule has 0 unspecified atom stereocenters. The van der Waals surface area contributed by atoms with Gasteiger partial charge in [-0.3, -0.25) is 4.79 Å². The monoisotopic (exact) mass is 314 g/mol. The van der Waals surface area contributed by atoms with Crippen molar-refractivity contribution in [2.75, 3.05) is 13.1 Å². The van der Waals surface area contributed by atoms with Crippen molar-refractivity contribution < 1.29 is 4.79 Å². The van der Waals surface area contributed by atoms with E-state index in [2.05, 4.69) is 11.0 Å². The van der Waals surface area contributed by atoms with Gasteiger partial charge >= 0.3 is 0 Å². The minimum Gasteiger partial charge on any atom is -0.366 e. The maximum absolute atomic E-state index is 11.5. The van der Waals surface area contributed by atoms with E-state index < -0.39 is 5.91 Å². The summed E-state index contributed by atoms with van der Waals surface area (Å²) in [6.45, 7) is 2.52. The van der Waals surface area contributed by atoms with E-state index in [1.54, 1.807) is 17.4 Å². The number of carbonyl (C=O) groups excluding carboxylic acids is 1. The van der Waals surface area contributed by atoms with Crippen molar-refractivity contribution in [1.29, 1.82) is 0 Å². The molecule has 115 valence electrons. The summed E-state index contributed by atoms with van der Waals surface area (Å²) in [4.78, 5) is 18.9. The Morgan fingerprint density at radius 2 is 2.05 bits per heavy atom. The number of primary amides is 1. The van der Waals surface area contributed by atoms with Crippen LogP contribution in [0.3, 0.4) is 0 Å². The first kappa shape index (κ1) is 14.2. The highest BCUT2D eigenvalue weighted by Crippen LogP contribution is 2.43. The second kappa shape index (κ2) is 5.63. The number of benzene rings is 1. The molecule has 2 heterocycles. The number of amides is 1. The lowest BCUT2D eigenvalue weighted by molar-refractivity contribution is 0.0888. The van der Waals surface area contributed by atoms with Gasteiger partial charge in [-0.1, -0.05) is 6.42 Å². The molecular weight excluding hydrogens is 294 g/mol. The Kier molecular flexibility index (Phi) is 3.62. The van der Waals surface area contributed by atoms with Crippen LogP contribution in [0.2, 0.25) is 0 Å². The maximum atomic E-state index is 11.5. The molecule has 4 rings (SSSR count). The van der Waals surface area contributed by atoms with Gasteiger partial charge in [-0.25, -0.2) is 4.98 Å². The third-order valence-electron chi connectivity index (χ3n) is 5.00. The summed E-state index contributed by atoms with van der Waals surface area (Å²) in [6.07, 6.45) is 6.49. The number of hydrogen-bond acceptors (Lipinski definition) is 4. The van der Waals surface area contributed by atoms with Gasteiger partial charge in [0.25, 0.3) is 5.91 Å². The van der Waals surface area contributed by atoms with Crippen LogP contribution >= 0.6 is 11.3 Å². The van der Waals surface area contributed by atoms with Crippen molar-refractivity contribution in [2.24, 2.45) is 5.73 Å². The van der Waals surface area contributed by atoms with E-state index in [1.807, 2.05) is 6.07 Å². The van der Waals surface area contributed by atoms with Crippen LogP contribution in [0.4, 0.5) is 0 Å². The Morgan fingerprint density at radius 3 is 2.77 bits per heavy atom. The van der Waals surface area contributed by atoms with E-state index >= 15 is 0 Å². The van der Waals surface area contributed by atoms with E-state index in [4.69, 9.17) is 10.7 Å². The first-order valence-electron chi connectivity index (χ1n) is 8.07. The molecule has 2 fully saturated rings. The fourth-order valence-electron chi connectivity index (χ4n) is 3.64. The average Bonchev–Trinajstić information content (AvgIpc) is 2.89. The number of aromatic nitrogens is 1. The summed E-state index contributed by atoms with van der Waals surface area (Å²) in [6, 6.07) is 7.28. The largest absolute Gasteiger partial charge is 0.366 e. The van der Waals surface area contributed by atoms with Crippen LogP contribution in [0.25, 0.3) is 10.2 Å². The standard InChI is InChI=1S/C17H20N3OS/c18-16(21)13-5-4-6-14-15(13)19-17(22-14)11-9-12(10-11)20-7-2-1-3-8-20/h5-6,11-12H,1-3,7-10H2,(H2,18,21)/t11-,12-. The van der Waals surface area contributed by atoms with Gasteiger partial charge in [-0.2, -0.15) is 0 Å². The highest BCUT2D eigenvalue weighted by atomic mass is 32.1. The normalized spacial score (nSPS) is 26.0. The SMILES string of the molecule is NC(=O)c1c[c]cc2sc([C@H]3C[C@H](N4CCCCC4)C3)nc12. The molecule has 1 saturated carbocycles. The molecule has 4 nitrogen and oxygen atoms in total. The Balaban J connectivity index is 1.51. The summed E-state index contributed by atoms with van der Waals surface area (Å²) in [5.74, 6) is 0.128. The molecule has 2 N–H and O–H groups in total. The van der Waals surface area contributed by atoms with Crippen molar-refractivity contribution in [3.63, 3.8) is 0 Å². The summed E-state index contributed by atoms with van der Waals surface area (Å²) < 4.78 is 1.02. The number of hydrogen-bond donors (Lipinski definition) is 1. The summed E-state index contributed by atoms with van der Waals surface area (Å²) in [7, 11) is 0. The van der Waals surface area contributed by atoms with E-state index in [1.165, 1.54) is 45.2 Å². The van der Waals surface area contributed by atoms with Crippen LogP contribution < -0.4 is 5.73 Å². The van der Waals surface area contributed by atoms with Gasteiger partial charge in [-0.15, -0.1) is 11.3 Å². The number of rotatable bonds is 3. The molecule has 22 heavy (non-hydrogen) atoms. The van der Waals surface area contributed by atoms with E-state index in [-0.39, 0.29) is 0 Å². The third kappa shape index (κ3) is 2.42. The van der Waals surface area contributed by atoms with Crippen molar-refractivity contribution in [3.8, 4) is 0 Å². The van der Waals surface area contributed by atoms with Crippen LogP contribution in [-0.2, 0) is 0 Å². The topological polar surface area (TPSA) is 59.2 Å². The van der Waals surface area contributed by atoms with E-state index in [9.17, 15) is 4.79 Å². The number of thiazole rings is 1. The summed E-state index contributed by atoms with van der Waals surface area (Å²) in [5.41, 5.74) is 6.68. The van der Waals surface area contributed by atoms with Crippen LogP contribution in [0.15, 0.2) is 12.1 Å². The molecule has 0 spiro atoms. The number of nitrogens with two attached hydrogens (primary N) is 1. The van der Waals surface area contributed by atoms with Crippen molar-refractivity contribution in [3.05, 3.63) is 28.8 Å². The van der Waals surface area contributed by atoms with Crippen molar-refractivity contribution in [1.82, 2.24) is 9.88 Å². The minimum absolute atomic E-state index is 0.418. The molecule has 2 aromatic rings. The molecule has 1 amide bonds. The van der Waals surface area contributed by atoms with E-state index in [0.717, 1.165) is 21.3 Å². The van der Waals surface area contributed by atoms with Gasteiger partial charge in [-0.05, 0) is 57.0 Å². The average molecular weight is 314 g/mol. The van der Waals surface area contributed by atoms with Gasteiger partial charge in [0.2, 0.25) is 0 Å².